The minimum absolute atomic E-state index is 0.183. The van der Waals surface area contributed by atoms with Crippen molar-refractivity contribution in [1.82, 2.24) is 0 Å². The fraction of sp³-hybridized carbons (Fsp3) is 0.724. The Hall–Kier alpha value is -1.12. The fourth-order valence-corrected chi connectivity index (χ4v) is 5.77. The summed E-state index contributed by atoms with van der Waals surface area (Å²) in [6, 6.07) is 0. The van der Waals surface area contributed by atoms with E-state index in [0.717, 1.165) is 37.2 Å². The number of allylic oxidation sites excluding steroid dienone is 4. The highest BCUT2D eigenvalue weighted by atomic mass is 16.3. The first-order valence-electron chi connectivity index (χ1n) is 12.7. The number of hydrogen-bond acceptors (Lipinski definition) is 2. The van der Waals surface area contributed by atoms with E-state index in [1.54, 1.807) is 5.57 Å². The predicted octanol–water partition coefficient (Wildman–Crippen LogP) is 7.54. The van der Waals surface area contributed by atoms with E-state index >= 15 is 0 Å². The molecule has 0 aromatic heterocycles. The summed E-state index contributed by atoms with van der Waals surface area (Å²) in [6.07, 6.45) is 19.3. The standard InChI is InChI=1S/C27H42O2.C2H6/c1-19-11-12-21(18-25(19)28)13-14-22-9-7-17-27(5)23(15-16-24(22)27)10-6-8-20(2)26(3,4)29;1-2/h6,8,13-14,20,23-25,28-29H,1,7,9-12,15-18H2,2-5H3;1-2H3/b8-6+,21-13-,22-14+;/t20-,23?,24+,25-,27-;/m1./s1. The van der Waals surface area contributed by atoms with Gasteiger partial charge >= 0.3 is 0 Å². The first-order chi connectivity index (χ1) is 14.6. The van der Waals surface area contributed by atoms with E-state index in [1.165, 1.54) is 37.7 Å². The van der Waals surface area contributed by atoms with Crippen molar-refractivity contribution in [3.8, 4) is 0 Å². The number of aliphatic hydroxyl groups is 2. The lowest BCUT2D eigenvalue weighted by Gasteiger charge is -2.42. The summed E-state index contributed by atoms with van der Waals surface area (Å²) in [6.45, 7) is 16.4. The number of rotatable bonds is 5. The summed E-state index contributed by atoms with van der Waals surface area (Å²) >= 11 is 0. The van der Waals surface area contributed by atoms with E-state index in [4.69, 9.17) is 0 Å². The Kier molecular flexibility index (Phi) is 9.40. The molecule has 2 nitrogen and oxygen atoms in total. The zero-order chi connectivity index (χ0) is 23.2. The second-order valence-corrected chi connectivity index (χ2v) is 10.7. The SMILES string of the molecule is C=C1CC/C(=C/C=C2\CCC[C@]3(C)C(C/C=C/[C@@H](C)C(C)(C)O)CC[C@@H]23)C[C@H]1O.CC. The zero-order valence-electron chi connectivity index (χ0n) is 21.1. The molecule has 3 aliphatic carbocycles. The van der Waals surface area contributed by atoms with Crippen LogP contribution in [0.15, 0.2) is 47.6 Å². The van der Waals surface area contributed by atoms with Gasteiger partial charge in [0.25, 0.3) is 0 Å². The van der Waals surface area contributed by atoms with Crippen LogP contribution in [-0.2, 0) is 0 Å². The van der Waals surface area contributed by atoms with Crippen molar-refractivity contribution in [2.24, 2.45) is 23.2 Å². The fourth-order valence-electron chi connectivity index (χ4n) is 5.77. The van der Waals surface area contributed by atoms with Crippen LogP contribution in [0.4, 0.5) is 0 Å². The summed E-state index contributed by atoms with van der Waals surface area (Å²) in [5.74, 6) is 1.64. The van der Waals surface area contributed by atoms with Crippen LogP contribution < -0.4 is 0 Å². The van der Waals surface area contributed by atoms with Gasteiger partial charge in [-0.1, -0.05) is 69.7 Å². The maximum atomic E-state index is 10.2. The predicted molar refractivity (Wildman–Crippen MR) is 134 cm³/mol. The van der Waals surface area contributed by atoms with Gasteiger partial charge in [-0.3, -0.25) is 0 Å². The molecule has 3 aliphatic rings. The molecule has 5 atom stereocenters. The lowest BCUT2D eigenvalue weighted by atomic mass is 9.63. The lowest BCUT2D eigenvalue weighted by Crippen LogP contribution is -2.33. The second-order valence-electron chi connectivity index (χ2n) is 10.7. The molecule has 0 aromatic carbocycles. The van der Waals surface area contributed by atoms with Gasteiger partial charge in [-0.25, -0.2) is 0 Å². The molecule has 0 aliphatic heterocycles. The second kappa shape index (κ2) is 11.1. The van der Waals surface area contributed by atoms with Gasteiger partial charge in [0.1, 0.15) is 0 Å². The largest absolute Gasteiger partial charge is 0.390 e. The summed E-state index contributed by atoms with van der Waals surface area (Å²) in [7, 11) is 0. The first-order valence-corrected chi connectivity index (χ1v) is 12.7. The lowest BCUT2D eigenvalue weighted by molar-refractivity contribution is 0.0439. The molecule has 0 spiro atoms. The molecule has 0 amide bonds. The van der Waals surface area contributed by atoms with Crippen LogP contribution in [0.1, 0.15) is 99.3 Å². The van der Waals surface area contributed by atoms with Crippen molar-refractivity contribution in [2.45, 2.75) is 111 Å². The van der Waals surface area contributed by atoms with Crippen LogP contribution >= 0.6 is 0 Å². The highest BCUT2D eigenvalue weighted by Crippen LogP contribution is 2.58. The molecule has 2 N–H and O–H groups in total. The minimum Gasteiger partial charge on any atom is -0.390 e. The summed E-state index contributed by atoms with van der Waals surface area (Å²) in [4.78, 5) is 0. The maximum absolute atomic E-state index is 10.2. The zero-order valence-corrected chi connectivity index (χ0v) is 21.1. The van der Waals surface area contributed by atoms with E-state index < -0.39 is 5.60 Å². The number of aliphatic hydroxyl groups excluding tert-OH is 1. The Morgan fingerprint density at radius 3 is 2.52 bits per heavy atom. The molecule has 0 saturated heterocycles. The van der Waals surface area contributed by atoms with E-state index in [0.29, 0.717) is 11.3 Å². The molecule has 3 fully saturated rings. The van der Waals surface area contributed by atoms with Crippen LogP contribution in [0.3, 0.4) is 0 Å². The Morgan fingerprint density at radius 1 is 1.16 bits per heavy atom. The van der Waals surface area contributed by atoms with E-state index in [9.17, 15) is 10.2 Å². The Morgan fingerprint density at radius 2 is 1.87 bits per heavy atom. The van der Waals surface area contributed by atoms with Gasteiger partial charge < -0.3 is 10.2 Å². The molecule has 176 valence electrons. The number of fused-ring (bicyclic) bond motifs is 1. The third kappa shape index (κ3) is 6.45. The quantitative estimate of drug-likeness (QED) is 0.444. The first kappa shape index (κ1) is 26.1. The molecule has 0 heterocycles. The molecular weight excluding hydrogens is 380 g/mol. The van der Waals surface area contributed by atoms with Gasteiger partial charge in [0.05, 0.1) is 11.7 Å². The van der Waals surface area contributed by atoms with Crippen molar-refractivity contribution in [3.05, 3.63) is 47.6 Å². The molecule has 0 radical (unpaired) electrons. The molecule has 2 heteroatoms. The van der Waals surface area contributed by atoms with E-state index in [2.05, 4.69) is 44.7 Å². The van der Waals surface area contributed by atoms with Crippen LogP contribution in [0.2, 0.25) is 0 Å². The van der Waals surface area contributed by atoms with Crippen molar-refractivity contribution in [1.29, 1.82) is 0 Å². The summed E-state index contributed by atoms with van der Waals surface area (Å²) in [5.41, 5.74) is 3.77. The Bertz CT molecular complexity index is 690. The van der Waals surface area contributed by atoms with Crippen molar-refractivity contribution in [3.63, 3.8) is 0 Å². The summed E-state index contributed by atoms with van der Waals surface area (Å²) in [5, 5.41) is 20.3. The van der Waals surface area contributed by atoms with Crippen molar-refractivity contribution in [2.75, 3.05) is 0 Å². The van der Waals surface area contributed by atoms with Gasteiger partial charge in [0.2, 0.25) is 0 Å². The minimum atomic E-state index is -0.647. The molecule has 3 saturated carbocycles. The van der Waals surface area contributed by atoms with Crippen molar-refractivity contribution >= 4 is 0 Å². The van der Waals surface area contributed by atoms with Crippen LogP contribution in [0.25, 0.3) is 0 Å². The highest BCUT2D eigenvalue weighted by molar-refractivity contribution is 5.28. The van der Waals surface area contributed by atoms with Gasteiger partial charge in [-0.05, 0) is 94.5 Å². The van der Waals surface area contributed by atoms with Crippen molar-refractivity contribution < 1.29 is 10.2 Å². The van der Waals surface area contributed by atoms with Gasteiger partial charge in [0, 0.05) is 5.92 Å². The monoisotopic (exact) mass is 428 g/mol. The summed E-state index contributed by atoms with van der Waals surface area (Å²) < 4.78 is 0. The normalized spacial score (nSPS) is 35.2. The maximum Gasteiger partial charge on any atom is 0.0784 e. The van der Waals surface area contributed by atoms with Crippen LogP contribution in [0, 0.1) is 23.2 Å². The molecular formula is C29H48O2. The van der Waals surface area contributed by atoms with Gasteiger partial charge in [-0.2, -0.15) is 0 Å². The smallest absolute Gasteiger partial charge is 0.0784 e. The number of hydrogen-bond donors (Lipinski definition) is 2. The average molecular weight is 429 g/mol. The molecule has 1 unspecified atom stereocenters. The Balaban J connectivity index is 0.00000166. The average Bonchev–Trinajstić information content (AvgIpc) is 3.06. The van der Waals surface area contributed by atoms with Crippen LogP contribution in [-0.4, -0.2) is 21.9 Å². The highest BCUT2D eigenvalue weighted by Gasteiger charge is 2.48. The van der Waals surface area contributed by atoms with E-state index in [-0.39, 0.29) is 12.0 Å². The van der Waals surface area contributed by atoms with Gasteiger partial charge in [-0.15, -0.1) is 0 Å². The third-order valence-electron chi connectivity index (χ3n) is 8.35. The van der Waals surface area contributed by atoms with Crippen LogP contribution in [0.5, 0.6) is 0 Å². The molecule has 0 bridgehead atoms. The molecule has 3 rings (SSSR count). The molecule has 31 heavy (non-hydrogen) atoms. The topological polar surface area (TPSA) is 40.5 Å². The van der Waals surface area contributed by atoms with Gasteiger partial charge in [0.15, 0.2) is 0 Å². The third-order valence-corrected chi connectivity index (χ3v) is 8.35. The van der Waals surface area contributed by atoms with E-state index in [1.807, 2.05) is 27.7 Å². The molecule has 0 aromatic rings. The Labute approximate surface area is 192 Å².